The van der Waals surface area contributed by atoms with Gasteiger partial charge in [-0.05, 0) is 55.3 Å². The smallest absolute Gasteiger partial charge is 0.258 e. The molecule has 0 aliphatic carbocycles. The van der Waals surface area contributed by atoms with E-state index in [-0.39, 0.29) is 5.91 Å². The van der Waals surface area contributed by atoms with Crippen LogP contribution >= 0.6 is 23.2 Å². The molecule has 2 N–H and O–H groups in total. The van der Waals surface area contributed by atoms with E-state index in [1.165, 1.54) is 12.4 Å². The van der Waals surface area contributed by atoms with Crippen molar-refractivity contribution in [2.75, 3.05) is 10.6 Å². The number of carbonyl (C=O) groups excluding carboxylic acids is 1. The molecule has 3 aromatic rings. The second-order valence-corrected chi connectivity index (χ2v) is 6.66. The van der Waals surface area contributed by atoms with E-state index in [2.05, 4.69) is 20.6 Å². The molecule has 7 heteroatoms. The van der Waals surface area contributed by atoms with Crippen LogP contribution < -0.4 is 10.6 Å². The molecule has 0 fully saturated rings. The quantitative estimate of drug-likeness (QED) is 0.629. The van der Waals surface area contributed by atoms with Crippen molar-refractivity contribution >= 4 is 46.4 Å². The van der Waals surface area contributed by atoms with Crippen LogP contribution in [0.25, 0.3) is 0 Å². The van der Waals surface area contributed by atoms with Crippen LogP contribution in [0.4, 0.5) is 17.3 Å². The van der Waals surface area contributed by atoms with Crippen LogP contribution in [0.15, 0.2) is 48.8 Å². The number of anilines is 3. The third-order valence-electron chi connectivity index (χ3n) is 3.68. The largest absolute Gasteiger partial charge is 0.323 e. The lowest BCUT2D eigenvalue weighted by atomic mass is 10.1. The molecule has 0 unspecified atom stereocenters. The molecule has 0 spiro atoms. The summed E-state index contributed by atoms with van der Waals surface area (Å²) in [6, 6.07) is 10.7. The number of carbonyl (C=O) groups is 1. The first-order chi connectivity index (χ1) is 12.4. The highest BCUT2D eigenvalue weighted by atomic mass is 35.5. The van der Waals surface area contributed by atoms with Gasteiger partial charge in [0, 0.05) is 23.1 Å². The average molecular weight is 387 g/mol. The first kappa shape index (κ1) is 18.2. The van der Waals surface area contributed by atoms with E-state index in [4.69, 9.17) is 23.2 Å². The minimum atomic E-state index is -0.302. The number of halogens is 2. The zero-order valence-corrected chi connectivity index (χ0v) is 15.7. The summed E-state index contributed by atoms with van der Waals surface area (Å²) in [6.07, 6.45) is 2.91. The van der Waals surface area contributed by atoms with Crippen LogP contribution in [0, 0.1) is 13.8 Å². The van der Waals surface area contributed by atoms with Crippen molar-refractivity contribution in [1.29, 1.82) is 0 Å². The Balaban J connectivity index is 1.72. The molecule has 132 valence electrons. The molecule has 0 radical (unpaired) electrons. The van der Waals surface area contributed by atoms with Gasteiger partial charge in [-0.3, -0.25) is 4.79 Å². The number of hydrogen-bond donors (Lipinski definition) is 2. The summed E-state index contributed by atoms with van der Waals surface area (Å²) in [7, 11) is 0. The fraction of sp³-hybridized carbons (Fsp3) is 0.105. The Kier molecular flexibility index (Phi) is 5.40. The van der Waals surface area contributed by atoms with Crippen LogP contribution in [0.3, 0.4) is 0 Å². The van der Waals surface area contributed by atoms with Gasteiger partial charge in [0.15, 0.2) is 0 Å². The van der Waals surface area contributed by atoms with Crippen molar-refractivity contribution in [3.8, 4) is 0 Å². The first-order valence-electron chi connectivity index (χ1n) is 7.85. The summed E-state index contributed by atoms with van der Waals surface area (Å²) in [5, 5.41) is 7.05. The Hall–Kier alpha value is -2.63. The second-order valence-electron chi connectivity index (χ2n) is 5.82. The Morgan fingerprint density at radius 1 is 1.00 bits per heavy atom. The third kappa shape index (κ3) is 4.31. The van der Waals surface area contributed by atoms with E-state index in [0.717, 1.165) is 16.8 Å². The molecule has 26 heavy (non-hydrogen) atoms. The summed E-state index contributed by atoms with van der Waals surface area (Å²) < 4.78 is 0. The SMILES string of the molecule is Cc1cc(C)c(Nc2ncc(C(=O)Nc3ccc(Cl)cc3)cn2)c(Cl)c1. The average Bonchev–Trinajstić information content (AvgIpc) is 2.60. The molecule has 3 rings (SSSR count). The topological polar surface area (TPSA) is 66.9 Å². The highest BCUT2D eigenvalue weighted by Gasteiger charge is 2.10. The molecule has 5 nitrogen and oxygen atoms in total. The number of nitrogens with one attached hydrogen (secondary N) is 2. The molecule has 1 heterocycles. The van der Waals surface area contributed by atoms with Crippen molar-refractivity contribution in [3.05, 3.63) is 75.5 Å². The zero-order chi connectivity index (χ0) is 18.7. The monoisotopic (exact) mass is 386 g/mol. The Bertz CT molecular complexity index is 918. The predicted molar refractivity (Wildman–Crippen MR) is 106 cm³/mol. The van der Waals surface area contributed by atoms with Crippen LogP contribution in [-0.2, 0) is 0 Å². The highest BCUT2D eigenvalue weighted by Crippen LogP contribution is 2.29. The molecule has 1 amide bonds. The van der Waals surface area contributed by atoms with Gasteiger partial charge in [0.2, 0.25) is 5.95 Å². The summed E-state index contributed by atoms with van der Waals surface area (Å²) >= 11 is 12.1. The van der Waals surface area contributed by atoms with Gasteiger partial charge in [-0.15, -0.1) is 0 Å². The van der Waals surface area contributed by atoms with Gasteiger partial charge in [-0.25, -0.2) is 9.97 Å². The van der Waals surface area contributed by atoms with Gasteiger partial charge < -0.3 is 10.6 Å². The molecular weight excluding hydrogens is 371 g/mol. The van der Waals surface area contributed by atoms with Gasteiger partial charge in [0.25, 0.3) is 5.91 Å². The molecule has 0 aliphatic heterocycles. The zero-order valence-electron chi connectivity index (χ0n) is 14.2. The molecule has 0 aliphatic rings. The number of rotatable bonds is 4. The van der Waals surface area contributed by atoms with Crippen LogP contribution in [0.2, 0.25) is 10.0 Å². The van der Waals surface area contributed by atoms with Crippen molar-refractivity contribution in [1.82, 2.24) is 9.97 Å². The Labute approximate surface area is 161 Å². The number of nitrogens with zero attached hydrogens (tertiary/aromatic N) is 2. The van der Waals surface area contributed by atoms with Crippen molar-refractivity contribution in [3.63, 3.8) is 0 Å². The number of aromatic nitrogens is 2. The molecule has 0 saturated carbocycles. The van der Waals surface area contributed by atoms with Gasteiger partial charge >= 0.3 is 0 Å². The van der Waals surface area contributed by atoms with Crippen LogP contribution in [0.5, 0.6) is 0 Å². The molecule has 0 atom stereocenters. The van der Waals surface area contributed by atoms with E-state index < -0.39 is 0 Å². The van der Waals surface area contributed by atoms with E-state index in [0.29, 0.717) is 27.2 Å². The van der Waals surface area contributed by atoms with E-state index in [9.17, 15) is 4.79 Å². The number of aryl methyl sites for hydroxylation is 2. The van der Waals surface area contributed by atoms with Crippen LogP contribution in [0.1, 0.15) is 21.5 Å². The van der Waals surface area contributed by atoms with E-state index in [1.807, 2.05) is 26.0 Å². The lowest BCUT2D eigenvalue weighted by Gasteiger charge is -2.11. The molecule has 2 aromatic carbocycles. The number of amides is 1. The minimum Gasteiger partial charge on any atom is -0.323 e. The Morgan fingerprint density at radius 3 is 2.27 bits per heavy atom. The maximum Gasteiger partial charge on any atom is 0.258 e. The van der Waals surface area contributed by atoms with Crippen molar-refractivity contribution in [2.24, 2.45) is 0 Å². The van der Waals surface area contributed by atoms with Gasteiger partial charge in [-0.2, -0.15) is 0 Å². The molecule has 0 saturated heterocycles. The molecule has 1 aromatic heterocycles. The van der Waals surface area contributed by atoms with Crippen LogP contribution in [-0.4, -0.2) is 15.9 Å². The molecule has 0 bridgehead atoms. The fourth-order valence-corrected chi connectivity index (χ4v) is 2.93. The highest BCUT2D eigenvalue weighted by molar-refractivity contribution is 6.33. The summed E-state index contributed by atoms with van der Waals surface area (Å²) in [5.41, 5.74) is 3.80. The van der Waals surface area contributed by atoms with Crippen molar-refractivity contribution < 1.29 is 4.79 Å². The lowest BCUT2D eigenvalue weighted by Crippen LogP contribution is -2.13. The van der Waals surface area contributed by atoms with Gasteiger partial charge in [-0.1, -0.05) is 29.3 Å². The Morgan fingerprint density at radius 2 is 1.65 bits per heavy atom. The second kappa shape index (κ2) is 7.72. The standard InChI is InChI=1S/C19H16Cl2N4O/c1-11-7-12(2)17(16(21)8-11)25-19-22-9-13(10-23-19)18(26)24-15-5-3-14(20)4-6-15/h3-10H,1-2H3,(H,24,26)(H,22,23,25). The summed E-state index contributed by atoms with van der Waals surface area (Å²) in [6.45, 7) is 3.93. The van der Waals surface area contributed by atoms with E-state index >= 15 is 0 Å². The number of benzene rings is 2. The first-order valence-corrected chi connectivity index (χ1v) is 8.61. The fourth-order valence-electron chi connectivity index (χ4n) is 2.43. The lowest BCUT2D eigenvalue weighted by molar-refractivity contribution is 0.102. The number of hydrogen-bond acceptors (Lipinski definition) is 4. The van der Waals surface area contributed by atoms with Gasteiger partial charge in [0.05, 0.1) is 16.3 Å². The third-order valence-corrected chi connectivity index (χ3v) is 4.23. The summed E-state index contributed by atoms with van der Waals surface area (Å²) in [4.78, 5) is 20.6. The van der Waals surface area contributed by atoms with Gasteiger partial charge in [0.1, 0.15) is 0 Å². The normalized spacial score (nSPS) is 10.5. The summed E-state index contributed by atoms with van der Waals surface area (Å²) in [5.74, 6) is 0.0605. The minimum absolute atomic E-state index is 0.302. The maximum absolute atomic E-state index is 12.2. The molecular formula is C19H16Cl2N4O. The maximum atomic E-state index is 12.2. The van der Waals surface area contributed by atoms with E-state index in [1.54, 1.807) is 24.3 Å². The van der Waals surface area contributed by atoms with Crippen molar-refractivity contribution in [2.45, 2.75) is 13.8 Å². The predicted octanol–water partition coefficient (Wildman–Crippen LogP) is 5.40.